The number of hydrogen-bond acceptors (Lipinski definition) is 5. The molecule has 0 amide bonds. The minimum atomic E-state index is -0.491. The number of carbonyl (C=O) groups is 1. The Labute approximate surface area is 122 Å². The molecule has 0 radical (unpaired) electrons. The van der Waals surface area contributed by atoms with Crippen LogP contribution in [0.3, 0.4) is 0 Å². The molecule has 1 N–H and O–H groups in total. The molecule has 0 saturated carbocycles. The normalized spacial score (nSPS) is 18.3. The van der Waals surface area contributed by atoms with Crippen LogP contribution in [0.4, 0.5) is 11.4 Å². The summed E-state index contributed by atoms with van der Waals surface area (Å²) in [5, 5.41) is 20.5. The third kappa shape index (κ3) is 3.53. The van der Waals surface area contributed by atoms with Gasteiger partial charge in [-0.1, -0.05) is 13.8 Å². The number of non-ortho nitro benzene ring substituents is 1. The summed E-state index contributed by atoms with van der Waals surface area (Å²) < 4.78 is 0. The summed E-state index contributed by atoms with van der Waals surface area (Å²) in [5.41, 5.74) is 0.434. The van der Waals surface area contributed by atoms with Gasteiger partial charge in [-0.25, -0.2) is 0 Å². The zero-order chi connectivity index (χ0) is 15.6. The number of ketones is 1. The third-order valence-electron chi connectivity index (χ3n) is 3.30. The lowest BCUT2D eigenvalue weighted by atomic mass is 9.77. The minimum Gasteiger partial charge on any atom is -0.511 e. The Morgan fingerprint density at radius 2 is 1.90 bits per heavy atom. The molecule has 0 bridgehead atoms. The van der Waals surface area contributed by atoms with E-state index in [-0.39, 0.29) is 28.2 Å². The highest BCUT2D eigenvalue weighted by Crippen LogP contribution is 2.35. The molecule has 110 valence electrons. The van der Waals surface area contributed by atoms with Crippen LogP contribution in [0.15, 0.2) is 40.6 Å². The molecule has 1 aliphatic carbocycles. The van der Waals surface area contributed by atoms with Gasteiger partial charge in [0.25, 0.3) is 5.69 Å². The van der Waals surface area contributed by atoms with E-state index in [2.05, 4.69) is 4.99 Å². The van der Waals surface area contributed by atoms with Crippen molar-refractivity contribution in [3.05, 3.63) is 45.7 Å². The molecule has 2 rings (SSSR count). The fraction of sp³-hybridized carbons (Fsp3) is 0.333. The van der Waals surface area contributed by atoms with Crippen molar-refractivity contribution in [3.8, 4) is 0 Å². The highest BCUT2D eigenvalue weighted by molar-refractivity contribution is 6.14. The number of nitro groups is 1. The monoisotopic (exact) mass is 288 g/mol. The van der Waals surface area contributed by atoms with Gasteiger partial charge in [0.2, 0.25) is 0 Å². The largest absolute Gasteiger partial charge is 0.511 e. The van der Waals surface area contributed by atoms with Crippen LogP contribution in [0, 0.1) is 15.5 Å². The maximum atomic E-state index is 12.0. The van der Waals surface area contributed by atoms with E-state index in [1.165, 1.54) is 30.5 Å². The lowest BCUT2D eigenvalue weighted by Gasteiger charge is -2.28. The molecule has 1 aromatic rings. The Morgan fingerprint density at radius 3 is 2.43 bits per heavy atom. The summed E-state index contributed by atoms with van der Waals surface area (Å²) in [6.45, 7) is 3.84. The van der Waals surface area contributed by atoms with Gasteiger partial charge in [0.15, 0.2) is 5.78 Å². The molecule has 6 nitrogen and oxygen atoms in total. The first-order chi connectivity index (χ1) is 9.78. The molecule has 0 aromatic heterocycles. The van der Waals surface area contributed by atoms with Gasteiger partial charge >= 0.3 is 0 Å². The summed E-state index contributed by atoms with van der Waals surface area (Å²) in [5.74, 6) is -0.101. The predicted molar refractivity (Wildman–Crippen MR) is 78.9 cm³/mol. The first kappa shape index (κ1) is 14.9. The Kier molecular flexibility index (Phi) is 3.88. The van der Waals surface area contributed by atoms with Gasteiger partial charge < -0.3 is 5.11 Å². The lowest BCUT2D eigenvalue weighted by Crippen LogP contribution is -2.26. The van der Waals surface area contributed by atoms with Gasteiger partial charge in [-0.15, -0.1) is 0 Å². The molecule has 0 heterocycles. The number of Topliss-reactive ketones (excluding diaryl/α,β-unsaturated/α-hetero) is 1. The summed E-state index contributed by atoms with van der Waals surface area (Å²) in [6.07, 6.45) is 2.12. The number of rotatable bonds is 3. The first-order valence-electron chi connectivity index (χ1n) is 6.52. The summed E-state index contributed by atoms with van der Waals surface area (Å²) in [4.78, 5) is 26.1. The van der Waals surface area contributed by atoms with E-state index in [0.29, 0.717) is 18.5 Å². The van der Waals surface area contributed by atoms with E-state index in [4.69, 9.17) is 0 Å². The number of nitrogens with zero attached hydrogens (tertiary/aromatic N) is 2. The van der Waals surface area contributed by atoms with E-state index in [1.807, 2.05) is 13.8 Å². The number of nitro benzene ring substituents is 1. The maximum Gasteiger partial charge on any atom is 0.269 e. The van der Waals surface area contributed by atoms with Gasteiger partial charge in [0.05, 0.1) is 16.2 Å². The fourth-order valence-electron chi connectivity index (χ4n) is 2.25. The molecule has 0 fully saturated rings. The van der Waals surface area contributed by atoms with Crippen LogP contribution in [-0.4, -0.2) is 22.0 Å². The zero-order valence-electron chi connectivity index (χ0n) is 11.9. The van der Waals surface area contributed by atoms with Crippen LogP contribution in [0.25, 0.3) is 0 Å². The molecule has 1 aromatic carbocycles. The van der Waals surface area contributed by atoms with Crippen molar-refractivity contribution in [1.82, 2.24) is 0 Å². The molecule has 0 spiro atoms. The summed E-state index contributed by atoms with van der Waals surface area (Å²) in [7, 11) is 0. The SMILES string of the molecule is CC1(C)CC(=O)C(C=Nc2ccc([N+](=O)[O-])cc2)=C(O)C1. The van der Waals surface area contributed by atoms with E-state index >= 15 is 0 Å². The van der Waals surface area contributed by atoms with Gasteiger partial charge in [-0.2, -0.15) is 0 Å². The number of aliphatic imine (C=N–C) groups is 1. The molecule has 0 atom stereocenters. The quantitative estimate of drug-likeness (QED) is 0.523. The van der Waals surface area contributed by atoms with Crippen LogP contribution >= 0.6 is 0 Å². The van der Waals surface area contributed by atoms with Gasteiger partial charge in [0, 0.05) is 31.2 Å². The molecular formula is C15H16N2O4. The molecule has 1 aliphatic rings. The number of allylic oxidation sites excluding steroid dienone is 2. The first-order valence-corrected chi connectivity index (χ1v) is 6.52. The average molecular weight is 288 g/mol. The van der Waals surface area contributed by atoms with Crippen LogP contribution < -0.4 is 0 Å². The fourth-order valence-corrected chi connectivity index (χ4v) is 2.25. The van der Waals surface area contributed by atoms with Crippen molar-refractivity contribution < 1.29 is 14.8 Å². The van der Waals surface area contributed by atoms with Crippen LogP contribution in [0.5, 0.6) is 0 Å². The van der Waals surface area contributed by atoms with Crippen molar-refractivity contribution in [2.24, 2.45) is 10.4 Å². The van der Waals surface area contributed by atoms with Crippen molar-refractivity contribution in [2.45, 2.75) is 26.7 Å². The maximum absolute atomic E-state index is 12.0. The Morgan fingerprint density at radius 1 is 1.29 bits per heavy atom. The Balaban J connectivity index is 2.21. The number of benzene rings is 1. The second-order valence-electron chi connectivity index (χ2n) is 5.83. The van der Waals surface area contributed by atoms with E-state index in [9.17, 15) is 20.0 Å². The third-order valence-corrected chi connectivity index (χ3v) is 3.30. The predicted octanol–water partition coefficient (Wildman–Crippen LogP) is 3.50. The van der Waals surface area contributed by atoms with Gasteiger partial charge in [0.1, 0.15) is 5.76 Å². The Bertz CT molecular complexity index is 642. The number of aliphatic hydroxyl groups excluding tert-OH is 1. The smallest absolute Gasteiger partial charge is 0.269 e. The zero-order valence-corrected chi connectivity index (χ0v) is 11.9. The highest BCUT2D eigenvalue weighted by Gasteiger charge is 2.32. The topological polar surface area (TPSA) is 92.8 Å². The summed E-state index contributed by atoms with van der Waals surface area (Å²) >= 11 is 0. The van der Waals surface area contributed by atoms with Crippen molar-refractivity contribution in [3.63, 3.8) is 0 Å². The van der Waals surface area contributed by atoms with Crippen molar-refractivity contribution >= 4 is 23.4 Å². The van der Waals surface area contributed by atoms with E-state index in [1.54, 1.807) is 0 Å². The molecule has 0 aliphatic heterocycles. The second kappa shape index (κ2) is 5.47. The number of hydrogen-bond donors (Lipinski definition) is 1. The van der Waals surface area contributed by atoms with Gasteiger partial charge in [-0.3, -0.25) is 19.9 Å². The standard InChI is InChI=1S/C15H16N2O4/c1-15(2)7-13(18)12(14(19)8-15)9-16-10-3-5-11(6-4-10)17(20)21/h3-6,9,18H,7-8H2,1-2H3. The van der Waals surface area contributed by atoms with Crippen molar-refractivity contribution in [2.75, 3.05) is 0 Å². The van der Waals surface area contributed by atoms with Crippen LogP contribution in [0.1, 0.15) is 26.7 Å². The molecule has 0 unspecified atom stereocenters. The molecular weight excluding hydrogens is 272 g/mol. The van der Waals surface area contributed by atoms with Crippen molar-refractivity contribution in [1.29, 1.82) is 0 Å². The van der Waals surface area contributed by atoms with Crippen LogP contribution in [0.2, 0.25) is 0 Å². The second-order valence-corrected chi connectivity index (χ2v) is 5.83. The number of carbonyl (C=O) groups excluding carboxylic acids is 1. The molecule has 0 saturated heterocycles. The number of aliphatic hydroxyl groups is 1. The minimum absolute atomic E-state index is 0.0218. The van der Waals surface area contributed by atoms with Gasteiger partial charge in [-0.05, 0) is 17.5 Å². The van der Waals surface area contributed by atoms with Crippen LogP contribution in [-0.2, 0) is 4.79 Å². The van der Waals surface area contributed by atoms with E-state index < -0.39 is 4.92 Å². The van der Waals surface area contributed by atoms with E-state index in [0.717, 1.165) is 0 Å². The highest BCUT2D eigenvalue weighted by atomic mass is 16.6. The molecule has 21 heavy (non-hydrogen) atoms. The lowest BCUT2D eigenvalue weighted by molar-refractivity contribution is -0.384. The summed E-state index contributed by atoms with van der Waals surface area (Å²) in [6, 6.07) is 5.66. The Hall–Kier alpha value is -2.50. The molecule has 6 heteroatoms. The average Bonchev–Trinajstić information content (AvgIpc) is 2.36.